The van der Waals surface area contributed by atoms with Gasteiger partial charge in [-0.15, -0.1) is 0 Å². The fourth-order valence-corrected chi connectivity index (χ4v) is 1.52. The minimum atomic E-state index is -0.643. The van der Waals surface area contributed by atoms with E-state index in [0.29, 0.717) is 24.3 Å². The fourth-order valence-electron chi connectivity index (χ4n) is 1.37. The van der Waals surface area contributed by atoms with Gasteiger partial charge in [0.1, 0.15) is 11.6 Å². The van der Waals surface area contributed by atoms with E-state index in [1.807, 2.05) is 0 Å². The van der Waals surface area contributed by atoms with Crippen molar-refractivity contribution in [1.29, 1.82) is 0 Å². The number of aliphatic hydroxyl groups excluding tert-OH is 1. The lowest BCUT2D eigenvalue weighted by atomic mass is 10.0. The van der Waals surface area contributed by atoms with Crippen LogP contribution in [0.15, 0.2) is 12.1 Å². The van der Waals surface area contributed by atoms with Crippen LogP contribution in [0.3, 0.4) is 0 Å². The second-order valence-electron chi connectivity index (χ2n) is 2.96. The monoisotopic (exact) mass is 202 g/mol. The maximum Gasteiger partial charge on any atom is 0.142 e. The van der Waals surface area contributed by atoms with Crippen molar-refractivity contribution >= 4 is 11.6 Å². The third-order valence-corrected chi connectivity index (χ3v) is 2.35. The van der Waals surface area contributed by atoms with E-state index >= 15 is 0 Å². The van der Waals surface area contributed by atoms with Crippen LogP contribution < -0.4 is 4.74 Å². The van der Waals surface area contributed by atoms with Gasteiger partial charge in [0.15, 0.2) is 0 Å². The van der Waals surface area contributed by atoms with Crippen LogP contribution in [0.5, 0.6) is 5.75 Å². The fraction of sp³-hybridized carbons (Fsp3) is 0.333. The second kappa shape index (κ2) is 3.16. The first-order valence-electron chi connectivity index (χ1n) is 3.98. The zero-order valence-corrected chi connectivity index (χ0v) is 7.51. The highest BCUT2D eigenvalue weighted by molar-refractivity contribution is 6.30. The molecule has 1 heterocycles. The summed E-state index contributed by atoms with van der Waals surface area (Å²) in [5, 5.41) is 9.51. The van der Waals surface area contributed by atoms with Crippen molar-refractivity contribution < 1.29 is 14.2 Å². The summed E-state index contributed by atoms with van der Waals surface area (Å²) in [5.41, 5.74) is 0.480. The largest absolute Gasteiger partial charge is 0.493 e. The van der Waals surface area contributed by atoms with Gasteiger partial charge in [-0.25, -0.2) is 4.39 Å². The lowest BCUT2D eigenvalue weighted by molar-refractivity contribution is 0.115. The van der Waals surface area contributed by atoms with Crippen molar-refractivity contribution in [2.24, 2.45) is 0 Å². The van der Waals surface area contributed by atoms with Gasteiger partial charge in [-0.05, 0) is 6.07 Å². The molecule has 1 atom stereocenters. The highest BCUT2D eigenvalue weighted by Gasteiger charge is 2.21. The minimum Gasteiger partial charge on any atom is -0.493 e. The molecule has 0 radical (unpaired) electrons. The number of hydrogen-bond donors (Lipinski definition) is 1. The molecule has 0 spiro atoms. The van der Waals surface area contributed by atoms with Crippen molar-refractivity contribution in [3.63, 3.8) is 0 Å². The van der Waals surface area contributed by atoms with E-state index in [4.69, 9.17) is 16.3 Å². The summed E-state index contributed by atoms with van der Waals surface area (Å²) in [6, 6.07) is 2.62. The topological polar surface area (TPSA) is 29.5 Å². The molecular weight excluding hydrogens is 195 g/mol. The molecule has 0 aliphatic carbocycles. The van der Waals surface area contributed by atoms with E-state index in [1.54, 1.807) is 0 Å². The molecule has 2 rings (SSSR count). The molecule has 4 heteroatoms. The first kappa shape index (κ1) is 8.78. The summed E-state index contributed by atoms with van der Waals surface area (Å²) in [6.07, 6.45) is -0.149. The van der Waals surface area contributed by atoms with Crippen molar-refractivity contribution in [3.05, 3.63) is 28.5 Å². The zero-order valence-electron chi connectivity index (χ0n) is 6.76. The number of halogens is 2. The molecule has 0 aromatic heterocycles. The van der Waals surface area contributed by atoms with Crippen molar-refractivity contribution in [2.75, 3.05) is 6.61 Å². The molecule has 0 fully saturated rings. The second-order valence-corrected chi connectivity index (χ2v) is 3.36. The molecule has 0 amide bonds. The summed E-state index contributed by atoms with van der Waals surface area (Å²) < 4.78 is 18.2. The Balaban J connectivity index is 2.52. The minimum absolute atomic E-state index is 0.0212. The molecule has 1 aromatic carbocycles. The number of fused-ring (bicyclic) bond motifs is 1. The molecule has 13 heavy (non-hydrogen) atoms. The number of benzene rings is 1. The van der Waals surface area contributed by atoms with Crippen molar-refractivity contribution in [2.45, 2.75) is 12.5 Å². The van der Waals surface area contributed by atoms with Crippen molar-refractivity contribution in [3.8, 4) is 5.75 Å². The molecule has 0 saturated heterocycles. The number of rotatable bonds is 0. The van der Waals surface area contributed by atoms with E-state index in [0.717, 1.165) is 0 Å². The van der Waals surface area contributed by atoms with Gasteiger partial charge in [0.2, 0.25) is 0 Å². The third-order valence-electron chi connectivity index (χ3n) is 2.06. The van der Waals surface area contributed by atoms with Gasteiger partial charge < -0.3 is 9.84 Å². The first-order valence-corrected chi connectivity index (χ1v) is 4.36. The first-order chi connectivity index (χ1) is 6.18. The van der Waals surface area contributed by atoms with Crippen LogP contribution in [0.4, 0.5) is 4.39 Å². The van der Waals surface area contributed by atoms with E-state index in [-0.39, 0.29) is 5.02 Å². The predicted octanol–water partition coefficient (Wildman–Crippen LogP) is 2.29. The molecule has 0 saturated carbocycles. The van der Waals surface area contributed by atoms with Gasteiger partial charge in [-0.1, -0.05) is 11.6 Å². The maximum atomic E-state index is 13.0. The summed E-state index contributed by atoms with van der Waals surface area (Å²) >= 11 is 5.56. The molecule has 1 aliphatic heterocycles. The SMILES string of the molecule is OC1CCOc2cc(Cl)c(F)cc21. The van der Waals surface area contributed by atoms with Gasteiger partial charge in [0.25, 0.3) is 0 Å². The number of hydrogen-bond acceptors (Lipinski definition) is 2. The lowest BCUT2D eigenvalue weighted by Crippen LogP contribution is -2.13. The molecule has 2 nitrogen and oxygen atoms in total. The third kappa shape index (κ3) is 1.49. The van der Waals surface area contributed by atoms with Crippen LogP contribution in [-0.4, -0.2) is 11.7 Å². The Morgan fingerprint density at radius 2 is 2.31 bits per heavy atom. The van der Waals surface area contributed by atoms with Crippen LogP contribution in [0.1, 0.15) is 18.1 Å². The predicted molar refractivity (Wildman–Crippen MR) is 46.5 cm³/mol. The van der Waals surface area contributed by atoms with Gasteiger partial charge >= 0.3 is 0 Å². The normalized spacial score (nSPS) is 20.7. The molecular formula is C9H8ClFO2. The average molecular weight is 203 g/mol. The highest BCUT2D eigenvalue weighted by atomic mass is 35.5. The van der Waals surface area contributed by atoms with Crippen LogP contribution in [0, 0.1) is 5.82 Å². The Kier molecular flexibility index (Phi) is 2.14. The molecule has 1 aliphatic rings. The zero-order chi connectivity index (χ0) is 9.42. The maximum absolute atomic E-state index is 13.0. The molecule has 1 N–H and O–H groups in total. The van der Waals surface area contributed by atoms with Crippen LogP contribution >= 0.6 is 11.6 Å². The summed E-state index contributed by atoms with van der Waals surface area (Å²) in [5.74, 6) is -0.0462. The molecule has 70 valence electrons. The van der Waals surface area contributed by atoms with Crippen LogP contribution in [-0.2, 0) is 0 Å². The van der Waals surface area contributed by atoms with Gasteiger partial charge in [-0.3, -0.25) is 0 Å². The Labute approximate surface area is 79.9 Å². The van der Waals surface area contributed by atoms with E-state index in [9.17, 15) is 9.50 Å². The highest BCUT2D eigenvalue weighted by Crippen LogP contribution is 2.35. The summed E-state index contributed by atoms with van der Waals surface area (Å²) in [7, 11) is 0. The Morgan fingerprint density at radius 1 is 1.54 bits per heavy atom. The number of aliphatic hydroxyl groups is 1. The van der Waals surface area contributed by atoms with Crippen molar-refractivity contribution in [1.82, 2.24) is 0 Å². The Bertz CT molecular complexity index is 341. The molecule has 1 unspecified atom stereocenters. The lowest BCUT2D eigenvalue weighted by Gasteiger charge is -2.22. The summed E-state index contributed by atoms with van der Waals surface area (Å²) in [4.78, 5) is 0. The van der Waals surface area contributed by atoms with Gasteiger partial charge in [0, 0.05) is 18.1 Å². The summed E-state index contributed by atoms with van der Waals surface area (Å²) in [6.45, 7) is 0.441. The molecule has 1 aromatic rings. The van der Waals surface area contributed by atoms with E-state index in [1.165, 1.54) is 12.1 Å². The number of ether oxygens (including phenoxy) is 1. The molecule has 0 bridgehead atoms. The average Bonchev–Trinajstić information content (AvgIpc) is 2.09. The van der Waals surface area contributed by atoms with E-state index < -0.39 is 11.9 Å². The van der Waals surface area contributed by atoms with Gasteiger partial charge in [-0.2, -0.15) is 0 Å². The Morgan fingerprint density at radius 3 is 3.08 bits per heavy atom. The van der Waals surface area contributed by atoms with Crippen LogP contribution in [0.25, 0.3) is 0 Å². The smallest absolute Gasteiger partial charge is 0.142 e. The van der Waals surface area contributed by atoms with Gasteiger partial charge in [0.05, 0.1) is 17.7 Å². The van der Waals surface area contributed by atoms with Crippen LogP contribution in [0.2, 0.25) is 5.02 Å². The standard InChI is InChI=1S/C9H8ClFO2/c10-6-4-9-5(3-7(6)11)8(12)1-2-13-9/h3-4,8,12H,1-2H2. The van der Waals surface area contributed by atoms with E-state index in [2.05, 4.69) is 0 Å². The Hall–Kier alpha value is -0.800. The quantitative estimate of drug-likeness (QED) is 0.700.